The number of hydrogen-bond acceptors (Lipinski definition) is 7. The minimum absolute atomic E-state index is 0.130. The van der Waals surface area contributed by atoms with Crippen LogP contribution in [0.2, 0.25) is 0 Å². The van der Waals surface area contributed by atoms with Gasteiger partial charge in [-0.15, -0.1) is 0 Å². The van der Waals surface area contributed by atoms with Crippen LogP contribution >= 0.6 is 0 Å². The van der Waals surface area contributed by atoms with Crippen LogP contribution in [0, 0.1) is 6.92 Å². The fourth-order valence-corrected chi connectivity index (χ4v) is 3.34. The van der Waals surface area contributed by atoms with Gasteiger partial charge in [0.2, 0.25) is 0 Å². The normalized spacial score (nSPS) is 29.6. The van der Waals surface area contributed by atoms with Gasteiger partial charge >= 0.3 is 0 Å². The molecule has 4 heterocycles. The zero-order valence-electron chi connectivity index (χ0n) is 12.2. The maximum Gasteiger partial charge on any atom is 0.263 e. The number of nitrogens with zero attached hydrogens (tertiary/aromatic N) is 4. The van der Waals surface area contributed by atoms with Crippen LogP contribution in [0.1, 0.15) is 19.0 Å². The first-order valence-corrected chi connectivity index (χ1v) is 7.24. The molecule has 0 radical (unpaired) electrons. The summed E-state index contributed by atoms with van der Waals surface area (Å²) >= 11 is 0. The molecule has 0 amide bonds. The van der Waals surface area contributed by atoms with Crippen LogP contribution in [-0.2, 0) is 9.47 Å². The van der Waals surface area contributed by atoms with Gasteiger partial charge in [-0.05, 0) is 13.8 Å². The van der Waals surface area contributed by atoms with Crippen molar-refractivity contribution in [3.63, 3.8) is 0 Å². The highest BCUT2D eigenvalue weighted by atomic mass is 16.6. The van der Waals surface area contributed by atoms with Gasteiger partial charge in [0.25, 0.3) is 5.71 Å². The first kappa shape index (κ1) is 13.0. The number of hydrogen-bond donors (Lipinski definition) is 0. The van der Waals surface area contributed by atoms with Gasteiger partial charge in [0, 0.05) is 19.6 Å². The third kappa shape index (κ3) is 2.08. The van der Waals surface area contributed by atoms with Crippen molar-refractivity contribution in [1.29, 1.82) is 0 Å². The molecule has 2 aromatic rings. The van der Waals surface area contributed by atoms with E-state index in [9.17, 15) is 0 Å². The largest absolute Gasteiger partial charge is 0.378 e. The summed E-state index contributed by atoms with van der Waals surface area (Å²) in [5.74, 6) is 0.875. The molecule has 2 unspecified atom stereocenters. The Kier molecular flexibility index (Phi) is 2.87. The number of rotatable bonds is 1. The highest BCUT2D eigenvalue weighted by Crippen LogP contribution is 2.34. The summed E-state index contributed by atoms with van der Waals surface area (Å²) < 4.78 is 17.0. The van der Waals surface area contributed by atoms with Crippen molar-refractivity contribution in [2.24, 2.45) is 0 Å². The smallest absolute Gasteiger partial charge is 0.263 e. The van der Waals surface area contributed by atoms with Gasteiger partial charge < -0.3 is 18.9 Å². The van der Waals surface area contributed by atoms with Crippen LogP contribution in [-0.4, -0.2) is 53.1 Å². The summed E-state index contributed by atoms with van der Waals surface area (Å²) in [6.45, 7) is 6.96. The first-order valence-electron chi connectivity index (χ1n) is 7.24. The average Bonchev–Trinajstić information content (AvgIpc) is 3.06. The van der Waals surface area contributed by atoms with Crippen molar-refractivity contribution in [2.45, 2.75) is 32.0 Å². The topological polar surface area (TPSA) is 73.5 Å². The maximum absolute atomic E-state index is 6.16. The fraction of sp³-hybridized carbons (Fsp3) is 0.643. The van der Waals surface area contributed by atoms with E-state index in [-0.39, 0.29) is 11.7 Å². The molecular formula is C14H18N4O3. The Bertz CT molecular complexity index is 665. The molecule has 0 bridgehead atoms. The number of ether oxygens (including phenoxy) is 2. The number of aromatic nitrogens is 3. The van der Waals surface area contributed by atoms with E-state index >= 15 is 0 Å². The Balaban J connectivity index is 1.75. The zero-order chi connectivity index (χ0) is 14.4. The van der Waals surface area contributed by atoms with Gasteiger partial charge in [-0.3, -0.25) is 0 Å². The van der Waals surface area contributed by atoms with Crippen molar-refractivity contribution in [2.75, 3.05) is 31.2 Å². The monoisotopic (exact) mass is 290 g/mol. The molecule has 112 valence electrons. The lowest BCUT2D eigenvalue weighted by Gasteiger charge is -2.43. The molecule has 0 aliphatic carbocycles. The van der Waals surface area contributed by atoms with Crippen molar-refractivity contribution < 1.29 is 14.0 Å². The van der Waals surface area contributed by atoms with Gasteiger partial charge in [0.15, 0.2) is 0 Å². The molecule has 0 saturated carbocycles. The lowest BCUT2D eigenvalue weighted by atomic mass is 9.99. The average molecular weight is 290 g/mol. The highest BCUT2D eigenvalue weighted by Gasteiger charge is 2.43. The summed E-state index contributed by atoms with van der Waals surface area (Å²) in [6, 6.07) is 0. The second-order valence-corrected chi connectivity index (χ2v) is 5.94. The molecule has 2 aliphatic rings. The Labute approximate surface area is 122 Å². The van der Waals surface area contributed by atoms with Gasteiger partial charge in [-0.25, -0.2) is 4.98 Å². The number of aryl methyl sites for hydroxylation is 1. The SMILES string of the molecule is Cc1noc2ncnc(N3CC(C)OC4(CCOC4)C3)c12. The minimum Gasteiger partial charge on any atom is -0.378 e. The number of morpholine rings is 1. The van der Waals surface area contributed by atoms with Crippen LogP contribution in [0.3, 0.4) is 0 Å². The summed E-state index contributed by atoms with van der Waals surface area (Å²) in [5.41, 5.74) is 1.13. The Morgan fingerprint density at radius 1 is 1.38 bits per heavy atom. The Morgan fingerprint density at radius 3 is 3.10 bits per heavy atom. The Hall–Kier alpha value is -1.73. The number of anilines is 1. The van der Waals surface area contributed by atoms with E-state index in [1.54, 1.807) is 0 Å². The fourth-order valence-electron chi connectivity index (χ4n) is 3.34. The van der Waals surface area contributed by atoms with Crippen LogP contribution in [0.4, 0.5) is 5.82 Å². The van der Waals surface area contributed by atoms with Crippen LogP contribution in [0.5, 0.6) is 0 Å². The molecule has 2 saturated heterocycles. The molecule has 0 aromatic carbocycles. The number of fused-ring (bicyclic) bond motifs is 1. The van der Waals surface area contributed by atoms with E-state index in [1.807, 2.05) is 6.92 Å². The molecule has 2 atom stereocenters. The van der Waals surface area contributed by atoms with Crippen LogP contribution in [0.15, 0.2) is 10.9 Å². The van der Waals surface area contributed by atoms with Crippen molar-refractivity contribution in [1.82, 2.24) is 15.1 Å². The summed E-state index contributed by atoms with van der Waals surface area (Å²) in [4.78, 5) is 10.9. The highest BCUT2D eigenvalue weighted by molar-refractivity contribution is 5.87. The van der Waals surface area contributed by atoms with Crippen molar-refractivity contribution in [3.05, 3.63) is 12.0 Å². The molecule has 21 heavy (non-hydrogen) atoms. The first-order chi connectivity index (χ1) is 10.2. The van der Waals surface area contributed by atoms with E-state index in [4.69, 9.17) is 14.0 Å². The molecular weight excluding hydrogens is 272 g/mol. The summed E-state index contributed by atoms with van der Waals surface area (Å²) in [5, 5.41) is 4.89. The van der Waals surface area contributed by atoms with Gasteiger partial charge in [0.1, 0.15) is 23.1 Å². The van der Waals surface area contributed by atoms with E-state index in [0.717, 1.165) is 43.0 Å². The summed E-state index contributed by atoms with van der Waals surface area (Å²) in [7, 11) is 0. The standard InChI is InChI=1S/C14H18N4O3/c1-9-5-18(6-14(20-9)3-4-19-7-14)12-11-10(2)17-21-13(11)16-8-15-12/h8-9H,3-7H2,1-2H3. The third-order valence-electron chi connectivity index (χ3n) is 4.20. The van der Waals surface area contributed by atoms with Crippen LogP contribution < -0.4 is 4.90 Å². The van der Waals surface area contributed by atoms with E-state index < -0.39 is 0 Å². The molecule has 2 fully saturated rings. The second-order valence-electron chi connectivity index (χ2n) is 5.94. The molecule has 7 heteroatoms. The molecule has 7 nitrogen and oxygen atoms in total. The maximum atomic E-state index is 6.16. The quantitative estimate of drug-likeness (QED) is 0.784. The summed E-state index contributed by atoms with van der Waals surface area (Å²) in [6.07, 6.45) is 2.58. The molecule has 0 N–H and O–H groups in total. The van der Waals surface area contributed by atoms with Crippen molar-refractivity contribution in [3.8, 4) is 0 Å². The third-order valence-corrected chi connectivity index (χ3v) is 4.20. The Morgan fingerprint density at radius 2 is 2.29 bits per heavy atom. The molecule has 4 rings (SSSR count). The predicted molar refractivity (Wildman–Crippen MR) is 75.3 cm³/mol. The molecule has 2 aromatic heterocycles. The van der Waals surface area contributed by atoms with Crippen LogP contribution in [0.25, 0.3) is 11.1 Å². The van der Waals surface area contributed by atoms with E-state index in [2.05, 4.69) is 26.9 Å². The lowest BCUT2D eigenvalue weighted by Crippen LogP contribution is -2.55. The second kappa shape index (κ2) is 4.64. The van der Waals surface area contributed by atoms with E-state index in [1.165, 1.54) is 6.33 Å². The van der Waals surface area contributed by atoms with Gasteiger partial charge in [0.05, 0.1) is 24.9 Å². The van der Waals surface area contributed by atoms with Crippen molar-refractivity contribution >= 4 is 16.9 Å². The lowest BCUT2D eigenvalue weighted by molar-refractivity contribution is -0.0990. The minimum atomic E-state index is -0.222. The van der Waals surface area contributed by atoms with Gasteiger partial charge in [-0.2, -0.15) is 4.98 Å². The molecule has 2 aliphatic heterocycles. The predicted octanol–water partition coefficient (Wildman–Crippen LogP) is 1.31. The van der Waals surface area contributed by atoms with Gasteiger partial charge in [-0.1, -0.05) is 5.16 Å². The molecule has 1 spiro atoms. The van der Waals surface area contributed by atoms with E-state index in [0.29, 0.717) is 12.3 Å². The zero-order valence-corrected chi connectivity index (χ0v) is 12.2.